The van der Waals surface area contributed by atoms with Gasteiger partial charge in [0, 0.05) is 18.9 Å². The van der Waals surface area contributed by atoms with Crippen LogP contribution in [0.3, 0.4) is 0 Å². The van der Waals surface area contributed by atoms with Crippen LogP contribution in [0.25, 0.3) is 0 Å². The van der Waals surface area contributed by atoms with Gasteiger partial charge in [0.15, 0.2) is 0 Å². The van der Waals surface area contributed by atoms with Gasteiger partial charge >= 0.3 is 0 Å². The van der Waals surface area contributed by atoms with Crippen LogP contribution in [-0.4, -0.2) is 11.5 Å². The average molecular weight is 274 g/mol. The van der Waals surface area contributed by atoms with E-state index in [1.54, 1.807) is 0 Å². The summed E-state index contributed by atoms with van der Waals surface area (Å²) < 4.78 is 0. The van der Waals surface area contributed by atoms with Gasteiger partial charge in [-0.1, -0.05) is 20.8 Å². The molecule has 1 aliphatic carbocycles. The van der Waals surface area contributed by atoms with Crippen LogP contribution in [0, 0.1) is 24.2 Å². The van der Waals surface area contributed by atoms with Crippen molar-refractivity contribution < 1.29 is 0 Å². The second-order valence-electron chi connectivity index (χ2n) is 7.52. The van der Waals surface area contributed by atoms with E-state index in [1.807, 2.05) is 12.4 Å². The monoisotopic (exact) mass is 274 g/mol. The van der Waals surface area contributed by atoms with Crippen LogP contribution >= 0.6 is 0 Å². The van der Waals surface area contributed by atoms with Crippen LogP contribution < -0.4 is 5.32 Å². The molecule has 2 heteroatoms. The van der Waals surface area contributed by atoms with E-state index in [0.717, 1.165) is 24.9 Å². The average Bonchev–Trinajstić information content (AvgIpc) is 2.40. The number of aromatic nitrogens is 1. The number of aryl methyl sites for hydroxylation is 1. The number of hydrogen-bond donors (Lipinski definition) is 1. The fourth-order valence-corrected chi connectivity index (χ4v) is 3.33. The highest BCUT2D eigenvalue weighted by atomic mass is 14.9. The number of pyridine rings is 1. The molecule has 1 heterocycles. The maximum Gasteiger partial charge on any atom is 0.0315 e. The van der Waals surface area contributed by atoms with E-state index in [0.29, 0.717) is 5.41 Å². The third-order valence-corrected chi connectivity index (χ3v) is 4.97. The third-order valence-electron chi connectivity index (χ3n) is 4.97. The summed E-state index contributed by atoms with van der Waals surface area (Å²) in [6.07, 6.45) is 9.44. The lowest BCUT2D eigenvalue weighted by atomic mass is 9.70. The molecule has 0 atom stereocenters. The van der Waals surface area contributed by atoms with Crippen LogP contribution in [0.1, 0.15) is 57.6 Å². The molecular weight excluding hydrogens is 244 g/mol. The van der Waals surface area contributed by atoms with E-state index < -0.39 is 0 Å². The van der Waals surface area contributed by atoms with Crippen molar-refractivity contribution >= 4 is 0 Å². The molecule has 0 spiro atoms. The molecule has 0 aromatic carbocycles. The van der Waals surface area contributed by atoms with Crippen LogP contribution in [0.2, 0.25) is 0 Å². The third kappa shape index (κ3) is 4.31. The Kier molecular flexibility index (Phi) is 5.20. The molecule has 0 unspecified atom stereocenters. The molecule has 1 aromatic heterocycles. The summed E-state index contributed by atoms with van der Waals surface area (Å²) in [4.78, 5) is 4.21. The van der Waals surface area contributed by atoms with Crippen LogP contribution in [0.5, 0.6) is 0 Å². The smallest absolute Gasteiger partial charge is 0.0315 e. The van der Waals surface area contributed by atoms with Gasteiger partial charge < -0.3 is 5.32 Å². The maximum atomic E-state index is 4.21. The van der Waals surface area contributed by atoms with Gasteiger partial charge in [0.2, 0.25) is 0 Å². The van der Waals surface area contributed by atoms with Crippen molar-refractivity contribution in [2.24, 2.45) is 17.3 Å². The molecule has 0 bridgehead atoms. The van der Waals surface area contributed by atoms with E-state index in [2.05, 4.69) is 44.1 Å². The van der Waals surface area contributed by atoms with Gasteiger partial charge in [-0.3, -0.25) is 4.98 Å². The molecule has 0 aliphatic heterocycles. The predicted octanol–water partition coefficient (Wildman–Crippen LogP) is 4.33. The first-order chi connectivity index (χ1) is 9.47. The quantitative estimate of drug-likeness (QED) is 0.884. The zero-order valence-corrected chi connectivity index (χ0v) is 13.6. The standard InChI is InChI=1S/C18H30N2/c1-14-9-10-19-12-16(14)13-20-11-15-5-7-17(8-6-15)18(2,3)4/h9-10,12,15,17,20H,5-8,11,13H2,1-4H3. The van der Waals surface area contributed by atoms with Gasteiger partial charge in [-0.25, -0.2) is 0 Å². The molecule has 1 aliphatic rings. The van der Waals surface area contributed by atoms with Crippen molar-refractivity contribution in [3.63, 3.8) is 0 Å². The summed E-state index contributed by atoms with van der Waals surface area (Å²) in [5.74, 6) is 1.78. The second kappa shape index (κ2) is 6.71. The van der Waals surface area contributed by atoms with Gasteiger partial charge in [-0.2, -0.15) is 0 Å². The Balaban J connectivity index is 1.71. The minimum absolute atomic E-state index is 0.491. The van der Waals surface area contributed by atoms with Crippen molar-refractivity contribution in [1.29, 1.82) is 0 Å². The number of nitrogens with zero attached hydrogens (tertiary/aromatic N) is 1. The molecule has 1 aromatic rings. The molecule has 1 saturated carbocycles. The van der Waals surface area contributed by atoms with Crippen molar-refractivity contribution in [1.82, 2.24) is 10.3 Å². The summed E-state index contributed by atoms with van der Waals surface area (Å²) in [6, 6.07) is 2.09. The molecule has 20 heavy (non-hydrogen) atoms. The Morgan fingerprint density at radius 2 is 1.90 bits per heavy atom. The molecule has 112 valence electrons. The summed E-state index contributed by atoms with van der Waals surface area (Å²) in [7, 11) is 0. The largest absolute Gasteiger partial charge is 0.312 e. The molecule has 0 saturated heterocycles. The summed E-state index contributed by atoms with van der Waals surface area (Å²) in [6.45, 7) is 11.4. The van der Waals surface area contributed by atoms with Crippen LogP contribution in [-0.2, 0) is 6.54 Å². The van der Waals surface area contributed by atoms with E-state index in [4.69, 9.17) is 0 Å². The van der Waals surface area contributed by atoms with Crippen molar-refractivity contribution in [3.05, 3.63) is 29.6 Å². The molecular formula is C18H30N2. The fraction of sp³-hybridized carbons (Fsp3) is 0.722. The van der Waals surface area contributed by atoms with Gasteiger partial charge in [-0.05, 0) is 73.6 Å². The molecule has 2 rings (SSSR count). The lowest BCUT2D eigenvalue weighted by Crippen LogP contribution is -2.30. The molecule has 0 radical (unpaired) electrons. The Bertz CT molecular complexity index is 412. The first kappa shape index (κ1) is 15.5. The Labute approximate surface area is 124 Å². The first-order valence-electron chi connectivity index (χ1n) is 8.07. The first-order valence-corrected chi connectivity index (χ1v) is 8.07. The lowest BCUT2D eigenvalue weighted by molar-refractivity contribution is 0.149. The Morgan fingerprint density at radius 3 is 2.50 bits per heavy atom. The van der Waals surface area contributed by atoms with Crippen molar-refractivity contribution in [2.45, 2.75) is 59.9 Å². The Hall–Kier alpha value is -0.890. The number of hydrogen-bond acceptors (Lipinski definition) is 2. The summed E-state index contributed by atoms with van der Waals surface area (Å²) in [5, 5.41) is 3.63. The van der Waals surface area contributed by atoms with E-state index in [9.17, 15) is 0 Å². The number of rotatable bonds is 4. The molecule has 2 nitrogen and oxygen atoms in total. The minimum Gasteiger partial charge on any atom is -0.312 e. The van der Waals surface area contributed by atoms with E-state index in [1.165, 1.54) is 36.8 Å². The van der Waals surface area contributed by atoms with Crippen molar-refractivity contribution in [2.75, 3.05) is 6.54 Å². The zero-order chi connectivity index (χ0) is 14.6. The van der Waals surface area contributed by atoms with Gasteiger partial charge in [0.1, 0.15) is 0 Å². The highest BCUT2D eigenvalue weighted by Gasteiger charge is 2.29. The minimum atomic E-state index is 0.491. The SMILES string of the molecule is Cc1ccncc1CNCC1CCC(C(C)(C)C)CC1. The van der Waals surface area contributed by atoms with Gasteiger partial charge in [0.25, 0.3) is 0 Å². The van der Waals surface area contributed by atoms with E-state index in [-0.39, 0.29) is 0 Å². The highest BCUT2D eigenvalue weighted by molar-refractivity contribution is 5.20. The molecule has 1 N–H and O–H groups in total. The van der Waals surface area contributed by atoms with Crippen LogP contribution in [0.15, 0.2) is 18.5 Å². The van der Waals surface area contributed by atoms with Crippen molar-refractivity contribution in [3.8, 4) is 0 Å². The van der Waals surface area contributed by atoms with Gasteiger partial charge in [0.05, 0.1) is 0 Å². The summed E-state index contributed by atoms with van der Waals surface area (Å²) in [5.41, 5.74) is 3.16. The predicted molar refractivity (Wildman–Crippen MR) is 85.6 cm³/mol. The molecule has 1 fully saturated rings. The maximum absolute atomic E-state index is 4.21. The normalized spacial score (nSPS) is 23.8. The second-order valence-corrected chi connectivity index (χ2v) is 7.52. The zero-order valence-electron chi connectivity index (χ0n) is 13.6. The fourth-order valence-electron chi connectivity index (χ4n) is 3.33. The number of nitrogens with one attached hydrogen (secondary N) is 1. The lowest BCUT2D eigenvalue weighted by Gasteiger charge is -2.37. The van der Waals surface area contributed by atoms with Gasteiger partial charge in [-0.15, -0.1) is 0 Å². The molecule has 0 amide bonds. The van der Waals surface area contributed by atoms with Crippen LogP contribution in [0.4, 0.5) is 0 Å². The van der Waals surface area contributed by atoms with E-state index >= 15 is 0 Å². The summed E-state index contributed by atoms with van der Waals surface area (Å²) >= 11 is 0. The topological polar surface area (TPSA) is 24.9 Å². The highest BCUT2D eigenvalue weighted by Crippen LogP contribution is 2.39. The Morgan fingerprint density at radius 1 is 1.20 bits per heavy atom.